The molecule has 0 aliphatic carbocycles. The smallest absolute Gasteiger partial charge is 0.145 e. The molecule has 0 atom stereocenters. The Hall–Kier alpha value is -2.93. The van der Waals surface area contributed by atoms with E-state index >= 15 is 0 Å². The van der Waals surface area contributed by atoms with E-state index in [1.807, 2.05) is 36.2 Å². The summed E-state index contributed by atoms with van der Waals surface area (Å²) in [7, 11) is 1.92. The topological polar surface area (TPSA) is 52.8 Å². The SMILES string of the molecule is CN(c1ccc2ccccc2c1)c1cc(C#N)ncn1. The summed E-state index contributed by atoms with van der Waals surface area (Å²) in [5, 5.41) is 11.3. The summed E-state index contributed by atoms with van der Waals surface area (Å²) in [4.78, 5) is 10.0. The fourth-order valence-corrected chi connectivity index (χ4v) is 2.11. The Morgan fingerprint density at radius 3 is 2.60 bits per heavy atom. The van der Waals surface area contributed by atoms with Crippen molar-refractivity contribution in [3.8, 4) is 6.07 Å². The number of hydrogen-bond donors (Lipinski definition) is 0. The standard InChI is InChI=1S/C16H12N4/c1-20(16-9-14(10-17)18-11-19-16)15-7-6-12-4-2-3-5-13(12)8-15/h2-9,11H,1H3. The molecule has 20 heavy (non-hydrogen) atoms. The van der Waals surface area contributed by atoms with E-state index in [1.165, 1.54) is 17.1 Å². The monoisotopic (exact) mass is 260 g/mol. The summed E-state index contributed by atoms with van der Waals surface area (Å²) in [6.45, 7) is 0. The van der Waals surface area contributed by atoms with Crippen LogP contribution in [0.1, 0.15) is 5.69 Å². The predicted molar refractivity (Wildman–Crippen MR) is 78.8 cm³/mol. The minimum Gasteiger partial charge on any atom is -0.329 e. The van der Waals surface area contributed by atoms with Gasteiger partial charge in [-0.2, -0.15) is 5.26 Å². The zero-order valence-electron chi connectivity index (χ0n) is 11.0. The maximum Gasteiger partial charge on any atom is 0.145 e. The molecule has 4 nitrogen and oxygen atoms in total. The highest BCUT2D eigenvalue weighted by atomic mass is 15.2. The van der Waals surface area contributed by atoms with E-state index in [4.69, 9.17) is 5.26 Å². The van der Waals surface area contributed by atoms with Gasteiger partial charge in [0, 0.05) is 18.8 Å². The van der Waals surface area contributed by atoms with Crippen LogP contribution in [0.15, 0.2) is 54.9 Å². The Balaban J connectivity index is 2.03. The van der Waals surface area contributed by atoms with Gasteiger partial charge < -0.3 is 4.90 Å². The molecule has 0 saturated carbocycles. The van der Waals surface area contributed by atoms with Crippen LogP contribution in [0.5, 0.6) is 0 Å². The van der Waals surface area contributed by atoms with E-state index in [1.54, 1.807) is 6.07 Å². The maximum absolute atomic E-state index is 8.90. The Kier molecular flexibility index (Phi) is 3.02. The number of nitrogens with zero attached hydrogens (tertiary/aromatic N) is 4. The maximum atomic E-state index is 8.90. The van der Waals surface area contributed by atoms with Crippen molar-refractivity contribution in [2.24, 2.45) is 0 Å². The van der Waals surface area contributed by atoms with Crippen molar-refractivity contribution in [3.05, 3.63) is 60.6 Å². The first kappa shape index (κ1) is 12.1. The molecule has 0 N–H and O–H groups in total. The molecular weight excluding hydrogens is 248 g/mol. The van der Waals surface area contributed by atoms with Crippen molar-refractivity contribution in [1.29, 1.82) is 5.26 Å². The molecule has 3 rings (SSSR count). The molecule has 0 saturated heterocycles. The first-order chi connectivity index (χ1) is 9.78. The molecule has 0 spiro atoms. The second-order valence-corrected chi connectivity index (χ2v) is 4.46. The predicted octanol–water partition coefficient (Wildman–Crippen LogP) is 3.27. The summed E-state index contributed by atoms with van der Waals surface area (Å²) in [6, 6.07) is 18.1. The molecule has 2 aromatic carbocycles. The number of nitriles is 1. The second kappa shape index (κ2) is 4.98. The van der Waals surface area contributed by atoms with E-state index in [-0.39, 0.29) is 0 Å². The molecule has 0 aliphatic heterocycles. The molecule has 4 heteroatoms. The third-order valence-corrected chi connectivity index (χ3v) is 3.23. The second-order valence-electron chi connectivity index (χ2n) is 4.46. The van der Waals surface area contributed by atoms with Crippen molar-refractivity contribution in [1.82, 2.24) is 9.97 Å². The third kappa shape index (κ3) is 2.17. The highest BCUT2D eigenvalue weighted by Crippen LogP contribution is 2.25. The Morgan fingerprint density at radius 2 is 1.80 bits per heavy atom. The van der Waals surface area contributed by atoms with Crippen LogP contribution >= 0.6 is 0 Å². The van der Waals surface area contributed by atoms with E-state index < -0.39 is 0 Å². The number of fused-ring (bicyclic) bond motifs is 1. The highest BCUT2D eigenvalue weighted by molar-refractivity contribution is 5.86. The van der Waals surface area contributed by atoms with Crippen LogP contribution < -0.4 is 4.90 Å². The lowest BCUT2D eigenvalue weighted by molar-refractivity contribution is 1.07. The fourth-order valence-electron chi connectivity index (χ4n) is 2.11. The van der Waals surface area contributed by atoms with Crippen LogP contribution in [0.3, 0.4) is 0 Å². The van der Waals surface area contributed by atoms with Crippen molar-refractivity contribution in [2.45, 2.75) is 0 Å². The van der Waals surface area contributed by atoms with Gasteiger partial charge in [-0.25, -0.2) is 9.97 Å². The van der Waals surface area contributed by atoms with Gasteiger partial charge in [-0.3, -0.25) is 0 Å². The summed E-state index contributed by atoms with van der Waals surface area (Å²) < 4.78 is 0. The van der Waals surface area contributed by atoms with Crippen LogP contribution in [-0.4, -0.2) is 17.0 Å². The first-order valence-electron chi connectivity index (χ1n) is 6.22. The molecule has 0 unspecified atom stereocenters. The zero-order chi connectivity index (χ0) is 13.9. The van der Waals surface area contributed by atoms with Crippen molar-refractivity contribution in [2.75, 3.05) is 11.9 Å². The van der Waals surface area contributed by atoms with E-state index in [9.17, 15) is 0 Å². The van der Waals surface area contributed by atoms with Gasteiger partial charge in [-0.15, -0.1) is 0 Å². The summed E-state index contributed by atoms with van der Waals surface area (Å²) in [6.07, 6.45) is 1.41. The van der Waals surface area contributed by atoms with Crippen molar-refractivity contribution in [3.63, 3.8) is 0 Å². The summed E-state index contributed by atoms with van der Waals surface area (Å²) in [5.41, 5.74) is 1.38. The molecular formula is C16H12N4. The Morgan fingerprint density at radius 1 is 1.00 bits per heavy atom. The number of anilines is 2. The number of aromatic nitrogens is 2. The van der Waals surface area contributed by atoms with E-state index in [2.05, 4.69) is 34.2 Å². The van der Waals surface area contributed by atoms with Gasteiger partial charge in [-0.05, 0) is 22.9 Å². The Bertz CT molecular complexity index is 805. The van der Waals surface area contributed by atoms with Gasteiger partial charge in [-0.1, -0.05) is 30.3 Å². The molecule has 3 aromatic rings. The van der Waals surface area contributed by atoms with Crippen LogP contribution in [0.2, 0.25) is 0 Å². The van der Waals surface area contributed by atoms with Crippen LogP contribution in [0, 0.1) is 11.3 Å². The van der Waals surface area contributed by atoms with Crippen LogP contribution in [0.25, 0.3) is 10.8 Å². The fraction of sp³-hybridized carbons (Fsp3) is 0.0625. The van der Waals surface area contributed by atoms with E-state index in [0.29, 0.717) is 11.5 Å². The van der Waals surface area contributed by atoms with Crippen LogP contribution in [0.4, 0.5) is 11.5 Å². The molecule has 1 aromatic heterocycles. The van der Waals surface area contributed by atoms with Gasteiger partial charge in [0.1, 0.15) is 23.9 Å². The Labute approximate surface area is 116 Å². The van der Waals surface area contributed by atoms with Crippen molar-refractivity contribution < 1.29 is 0 Å². The molecule has 1 heterocycles. The largest absolute Gasteiger partial charge is 0.329 e. The quantitative estimate of drug-likeness (QED) is 0.709. The molecule has 0 fully saturated rings. The number of hydrogen-bond acceptors (Lipinski definition) is 4. The minimum atomic E-state index is 0.364. The lowest BCUT2D eigenvalue weighted by atomic mass is 10.1. The average molecular weight is 260 g/mol. The van der Waals surface area contributed by atoms with E-state index in [0.717, 1.165) is 5.69 Å². The van der Waals surface area contributed by atoms with Gasteiger partial charge in [0.2, 0.25) is 0 Å². The van der Waals surface area contributed by atoms with Gasteiger partial charge >= 0.3 is 0 Å². The summed E-state index contributed by atoms with van der Waals surface area (Å²) >= 11 is 0. The first-order valence-corrected chi connectivity index (χ1v) is 6.22. The summed E-state index contributed by atoms with van der Waals surface area (Å²) in [5.74, 6) is 0.701. The lowest BCUT2D eigenvalue weighted by Gasteiger charge is -2.18. The molecule has 0 bridgehead atoms. The molecule has 96 valence electrons. The zero-order valence-corrected chi connectivity index (χ0v) is 11.0. The highest BCUT2D eigenvalue weighted by Gasteiger charge is 2.07. The van der Waals surface area contributed by atoms with Crippen molar-refractivity contribution >= 4 is 22.3 Å². The lowest BCUT2D eigenvalue weighted by Crippen LogP contribution is -2.11. The third-order valence-electron chi connectivity index (χ3n) is 3.23. The molecule has 0 amide bonds. The molecule has 0 aliphatic rings. The van der Waals surface area contributed by atoms with Crippen LogP contribution in [-0.2, 0) is 0 Å². The van der Waals surface area contributed by atoms with Gasteiger partial charge in [0.25, 0.3) is 0 Å². The number of rotatable bonds is 2. The number of benzene rings is 2. The molecule has 0 radical (unpaired) electrons. The average Bonchev–Trinajstić information content (AvgIpc) is 2.53. The normalized spacial score (nSPS) is 10.2. The minimum absolute atomic E-state index is 0.364. The van der Waals surface area contributed by atoms with Gasteiger partial charge in [0.15, 0.2) is 0 Å². The van der Waals surface area contributed by atoms with Gasteiger partial charge in [0.05, 0.1) is 0 Å².